The van der Waals surface area contributed by atoms with Crippen LogP contribution in [0.2, 0.25) is 0 Å². The average molecular weight is 249 g/mol. The second-order valence-electron chi connectivity index (χ2n) is 4.95. The Kier molecular flexibility index (Phi) is 6.66. The predicted molar refractivity (Wildman–Crippen MR) is 69.3 cm³/mol. The van der Waals surface area contributed by atoms with E-state index in [1.807, 2.05) is 0 Å². The molecule has 0 aromatic heterocycles. The van der Waals surface area contributed by atoms with Crippen molar-refractivity contribution in [2.45, 2.75) is 31.7 Å². The fraction of sp³-hybridized carbons (Fsp3) is 1.00. The van der Waals surface area contributed by atoms with Gasteiger partial charge in [-0.15, -0.1) is 12.4 Å². The van der Waals surface area contributed by atoms with E-state index in [9.17, 15) is 0 Å². The molecule has 4 heteroatoms. The molecule has 1 aliphatic carbocycles. The van der Waals surface area contributed by atoms with E-state index >= 15 is 0 Å². The van der Waals surface area contributed by atoms with Crippen LogP contribution in [0.4, 0.5) is 0 Å². The standard InChI is InChI=1S/C12H24N2O.ClH/c1-13-12-3-2-6-14(9-12)7-8-15-10-11-4-5-11;/h11-13H,2-10H2,1H3;1H. The lowest BCUT2D eigenvalue weighted by molar-refractivity contribution is 0.0845. The van der Waals surface area contributed by atoms with Crippen molar-refractivity contribution in [2.24, 2.45) is 5.92 Å². The van der Waals surface area contributed by atoms with Gasteiger partial charge in [0.1, 0.15) is 0 Å². The Morgan fingerprint density at radius 1 is 1.31 bits per heavy atom. The third-order valence-electron chi connectivity index (χ3n) is 3.52. The molecule has 1 heterocycles. The van der Waals surface area contributed by atoms with Crippen LogP contribution >= 0.6 is 12.4 Å². The maximum atomic E-state index is 5.67. The summed E-state index contributed by atoms with van der Waals surface area (Å²) in [4.78, 5) is 2.53. The summed E-state index contributed by atoms with van der Waals surface area (Å²) < 4.78 is 5.67. The molecule has 0 aromatic rings. The SMILES string of the molecule is CNC1CCCN(CCOCC2CC2)C1.Cl. The van der Waals surface area contributed by atoms with Gasteiger partial charge in [0.15, 0.2) is 0 Å². The molecule has 1 aliphatic heterocycles. The molecule has 3 nitrogen and oxygen atoms in total. The molecule has 2 fully saturated rings. The van der Waals surface area contributed by atoms with Crippen LogP contribution in [0, 0.1) is 5.92 Å². The van der Waals surface area contributed by atoms with Crippen LogP contribution in [-0.4, -0.2) is 50.8 Å². The quantitative estimate of drug-likeness (QED) is 0.722. The number of likely N-dealkylation sites (tertiary alicyclic amines) is 1. The highest BCUT2D eigenvalue weighted by atomic mass is 35.5. The highest BCUT2D eigenvalue weighted by Gasteiger charge is 2.21. The number of piperidine rings is 1. The minimum atomic E-state index is 0. The molecule has 0 bridgehead atoms. The third-order valence-corrected chi connectivity index (χ3v) is 3.52. The maximum absolute atomic E-state index is 5.67. The first kappa shape index (κ1) is 14.2. The van der Waals surface area contributed by atoms with Gasteiger partial charge in [-0.1, -0.05) is 0 Å². The molecule has 0 radical (unpaired) electrons. The van der Waals surface area contributed by atoms with Crippen LogP contribution in [0.3, 0.4) is 0 Å². The van der Waals surface area contributed by atoms with Gasteiger partial charge in [0.05, 0.1) is 6.61 Å². The van der Waals surface area contributed by atoms with Gasteiger partial charge in [0.2, 0.25) is 0 Å². The van der Waals surface area contributed by atoms with Crippen molar-refractivity contribution in [3.05, 3.63) is 0 Å². The van der Waals surface area contributed by atoms with E-state index in [0.29, 0.717) is 6.04 Å². The van der Waals surface area contributed by atoms with Gasteiger partial charge in [0, 0.05) is 25.7 Å². The number of halogens is 1. The van der Waals surface area contributed by atoms with E-state index in [-0.39, 0.29) is 12.4 Å². The van der Waals surface area contributed by atoms with E-state index in [1.165, 1.54) is 38.8 Å². The third kappa shape index (κ3) is 5.00. The maximum Gasteiger partial charge on any atom is 0.0593 e. The molecule has 96 valence electrons. The number of hydrogen-bond donors (Lipinski definition) is 1. The fourth-order valence-corrected chi connectivity index (χ4v) is 2.22. The predicted octanol–water partition coefficient (Wildman–Crippen LogP) is 1.52. The van der Waals surface area contributed by atoms with Gasteiger partial charge in [0.25, 0.3) is 0 Å². The van der Waals surface area contributed by atoms with Crippen LogP contribution in [-0.2, 0) is 4.74 Å². The highest BCUT2D eigenvalue weighted by Crippen LogP contribution is 2.28. The topological polar surface area (TPSA) is 24.5 Å². The summed E-state index contributed by atoms with van der Waals surface area (Å²) in [6.07, 6.45) is 5.45. The molecule has 0 amide bonds. The lowest BCUT2D eigenvalue weighted by Gasteiger charge is -2.32. The first-order chi connectivity index (χ1) is 7.38. The van der Waals surface area contributed by atoms with Gasteiger partial charge in [-0.05, 0) is 45.2 Å². The summed E-state index contributed by atoms with van der Waals surface area (Å²) in [5.74, 6) is 0.899. The Balaban J connectivity index is 0.00000128. The first-order valence-electron chi connectivity index (χ1n) is 6.36. The van der Waals surface area contributed by atoms with Gasteiger partial charge in [-0.2, -0.15) is 0 Å². The van der Waals surface area contributed by atoms with E-state index in [2.05, 4.69) is 17.3 Å². The van der Waals surface area contributed by atoms with Crippen molar-refractivity contribution >= 4 is 12.4 Å². The number of likely N-dealkylation sites (N-methyl/N-ethyl adjacent to an activating group) is 1. The molecule has 16 heavy (non-hydrogen) atoms. The number of ether oxygens (including phenoxy) is 1. The number of rotatable bonds is 6. The van der Waals surface area contributed by atoms with Crippen LogP contribution in [0.1, 0.15) is 25.7 Å². The Labute approximate surface area is 105 Å². The molecule has 1 saturated carbocycles. The summed E-state index contributed by atoms with van der Waals surface area (Å²) in [6, 6.07) is 0.696. The Hall–Kier alpha value is 0.170. The Morgan fingerprint density at radius 3 is 2.81 bits per heavy atom. The molecule has 1 saturated heterocycles. The number of nitrogens with one attached hydrogen (secondary N) is 1. The minimum Gasteiger partial charge on any atom is -0.380 e. The Morgan fingerprint density at radius 2 is 2.12 bits per heavy atom. The fourth-order valence-electron chi connectivity index (χ4n) is 2.22. The van der Waals surface area contributed by atoms with Gasteiger partial charge >= 0.3 is 0 Å². The molecule has 1 unspecified atom stereocenters. The average Bonchev–Trinajstić information content (AvgIpc) is 3.09. The summed E-state index contributed by atoms with van der Waals surface area (Å²) in [5.41, 5.74) is 0. The van der Waals surface area contributed by atoms with Gasteiger partial charge in [-0.3, -0.25) is 4.90 Å². The van der Waals surface area contributed by atoms with Gasteiger partial charge < -0.3 is 10.1 Å². The lowest BCUT2D eigenvalue weighted by atomic mass is 10.1. The largest absolute Gasteiger partial charge is 0.380 e. The van der Waals surface area contributed by atoms with E-state index < -0.39 is 0 Å². The molecular formula is C12H25ClN2O. The molecular weight excluding hydrogens is 224 g/mol. The van der Waals surface area contributed by atoms with Crippen molar-refractivity contribution in [1.82, 2.24) is 10.2 Å². The zero-order valence-corrected chi connectivity index (χ0v) is 11.1. The summed E-state index contributed by atoms with van der Waals surface area (Å²) in [6.45, 7) is 5.50. The van der Waals surface area contributed by atoms with Crippen LogP contribution in [0.25, 0.3) is 0 Å². The van der Waals surface area contributed by atoms with Crippen LogP contribution in [0.15, 0.2) is 0 Å². The Bertz CT molecular complexity index is 188. The zero-order chi connectivity index (χ0) is 10.5. The molecule has 1 atom stereocenters. The molecule has 1 N–H and O–H groups in total. The van der Waals surface area contributed by atoms with E-state index in [1.54, 1.807) is 0 Å². The van der Waals surface area contributed by atoms with Crippen molar-refractivity contribution in [1.29, 1.82) is 0 Å². The normalized spacial score (nSPS) is 26.4. The molecule has 0 aromatic carbocycles. The summed E-state index contributed by atoms with van der Waals surface area (Å²) in [7, 11) is 2.07. The monoisotopic (exact) mass is 248 g/mol. The van der Waals surface area contributed by atoms with Crippen molar-refractivity contribution in [3.8, 4) is 0 Å². The molecule has 2 aliphatic rings. The lowest BCUT2D eigenvalue weighted by Crippen LogP contribution is -2.45. The van der Waals surface area contributed by atoms with Crippen LogP contribution in [0.5, 0.6) is 0 Å². The zero-order valence-electron chi connectivity index (χ0n) is 10.3. The first-order valence-corrected chi connectivity index (χ1v) is 6.36. The smallest absolute Gasteiger partial charge is 0.0593 e. The minimum absolute atomic E-state index is 0. The van der Waals surface area contributed by atoms with Crippen LogP contribution < -0.4 is 5.32 Å². The molecule has 2 rings (SSSR count). The second-order valence-corrected chi connectivity index (χ2v) is 4.95. The van der Waals surface area contributed by atoms with E-state index in [0.717, 1.165) is 25.7 Å². The number of hydrogen-bond acceptors (Lipinski definition) is 3. The molecule has 0 spiro atoms. The van der Waals surface area contributed by atoms with Crippen molar-refractivity contribution in [3.63, 3.8) is 0 Å². The number of nitrogens with zero attached hydrogens (tertiary/aromatic N) is 1. The summed E-state index contributed by atoms with van der Waals surface area (Å²) in [5, 5.41) is 3.37. The van der Waals surface area contributed by atoms with E-state index in [4.69, 9.17) is 4.74 Å². The summed E-state index contributed by atoms with van der Waals surface area (Å²) >= 11 is 0. The van der Waals surface area contributed by atoms with Crippen molar-refractivity contribution in [2.75, 3.05) is 39.9 Å². The van der Waals surface area contributed by atoms with Crippen molar-refractivity contribution < 1.29 is 4.74 Å². The second kappa shape index (κ2) is 7.49. The highest BCUT2D eigenvalue weighted by molar-refractivity contribution is 5.85. The van der Waals surface area contributed by atoms with Gasteiger partial charge in [-0.25, -0.2) is 0 Å².